The lowest BCUT2D eigenvalue weighted by molar-refractivity contribution is 0.243. The summed E-state index contributed by atoms with van der Waals surface area (Å²) >= 11 is 5.74. The summed E-state index contributed by atoms with van der Waals surface area (Å²) in [5, 5.41) is 0. The van der Waals surface area contributed by atoms with Crippen LogP contribution in [0.5, 0.6) is 5.88 Å². The van der Waals surface area contributed by atoms with E-state index in [1.807, 2.05) is 12.1 Å². The van der Waals surface area contributed by atoms with Crippen molar-refractivity contribution in [2.45, 2.75) is 31.6 Å². The summed E-state index contributed by atoms with van der Waals surface area (Å²) in [6.45, 7) is 0.804. The van der Waals surface area contributed by atoms with E-state index in [4.69, 9.17) is 16.3 Å². The molecule has 82 valence electrons. The minimum Gasteiger partial charge on any atom is -0.477 e. The Balaban J connectivity index is 1.86. The number of ether oxygens (including phenoxy) is 1. The summed E-state index contributed by atoms with van der Waals surface area (Å²) in [5.41, 5.74) is 1.06. The minimum atomic E-state index is 0.516. The largest absolute Gasteiger partial charge is 0.477 e. The molecule has 2 rings (SSSR count). The van der Waals surface area contributed by atoms with E-state index in [2.05, 4.69) is 4.98 Å². The molecule has 2 nitrogen and oxygen atoms in total. The maximum atomic E-state index is 5.74. The van der Waals surface area contributed by atoms with Crippen LogP contribution in [0.2, 0.25) is 0 Å². The number of rotatable bonds is 4. The third-order valence-corrected chi connectivity index (χ3v) is 3.20. The number of alkyl halides is 1. The van der Waals surface area contributed by atoms with E-state index in [1.165, 1.54) is 25.7 Å². The van der Waals surface area contributed by atoms with Gasteiger partial charge in [-0.1, -0.05) is 12.8 Å². The van der Waals surface area contributed by atoms with E-state index in [9.17, 15) is 0 Å². The Bertz CT molecular complexity index is 310. The molecule has 0 saturated heterocycles. The van der Waals surface area contributed by atoms with Crippen LogP contribution in [-0.2, 0) is 5.88 Å². The molecule has 1 aliphatic rings. The van der Waals surface area contributed by atoms with Crippen molar-refractivity contribution in [3.05, 3.63) is 23.9 Å². The van der Waals surface area contributed by atoms with Crippen LogP contribution in [0.1, 0.15) is 31.2 Å². The first-order valence-corrected chi connectivity index (χ1v) is 6.05. The maximum absolute atomic E-state index is 5.74. The first kappa shape index (κ1) is 10.7. The van der Waals surface area contributed by atoms with E-state index in [0.29, 0.717) is 11.8 Å². The number of hydrogen-bond donors (Lipinski definition) is 0. The molecule has 0 amide bonds. The Morgan fingerprint density at radius 2 is 2.20 bits per heavy atom. The topological polar surface area (TPSA) is 22.1 Å². The van der Waals surface area contributed by atoms with Gasteiger partial charge in [0.2, 0.25) is 5.88 Å². The average molecular weight is 226 g/mol. The Morgan fingerprint density at radius 3 is 2.93 bits per heavy atom. The van der Waals surface area contributed by atoms with Crippen LogP contribution >= 0.6 is 11.6 Å². The Labute approximate surface area is 95.6 Å². The molecule has 1 aromatic heterocycles. The van der Waals surface area contributed by atoms with Crippen LogP contribution in [0.3, 0.4) is 0 Å². The van der Waals surface area contributed by atoms with Crippen LogP contribution < -0.4 is 4.74 Å². The van der Waals surface area contributed by atoms with Crippen molar-refractivity contribution in [2.75, 3.05) is 6.61 Å². The number of pyridine rings is 1. The standard InChI is InChI=1S/C12H16ClNO/c13-8-11-5-6-14-12(7-11)15-9-10-3-1-2-4-10/h5-7,10H,1-4,8-9H2. The molecule has 1 aromatic rings. The highest BCUT2D eigenvalue weighted by molar-refractivity contribution is 6.17. The Morgan fingerprint density at radius 1 is 1.40 bits per heavy atom. The summed E-state index contributed by atoms with van der Waals surface area (Å²) in [6, 6.07) is 3.83. The highest BCUT2D eigenvalue weighted by Crippen LogP contribution is 2.25. The van der Waals surface area contributed by atoms with Gasteiger partial charge in [0.1, 0.15) is 0 Å². The number of aromatic nitrogens is 1. The molecule has 0 aliphatic heterocycles. The van der Waals surface area contributed by atoms with E-state index in [0.717, 1.165) is 18.1 Å². The molecular formula is C12H16ClNO. The van der Waals surface area contributed by atoms with E-state index in [1.54, 1.807) is 6.20 Å². The fourth-order valence-corrected chi connectivity index (χ4v) is 2.16. The van der Waals surface area contributed by atoms with Crippen molar-refractivity contribution >= 4 is 11.6 Å². The zero-order valence-corrected chi connectivity index (χ0v) is 9.54. The number of halogens is 1. The summed E-state index contributed by atoms with van der Waals surface area (Å²) in [6.07, 6.45) is 7.05. The lowest BCUT2D eigenvalue weighted by Crippen LogP contribution is -2.08. The fraction of sp³-hybridized carbons (Fsp3) is 0.583. The molecule has 15 heavy (non-hydrogen) atoms. The van der Waals surface area contributed by atoms with Gasteiger partial charge in [-0.25, -0.2) is 4.98 Å². The lowest BCUT2D eigenvalue weighted by atomic mass is 10.1. The molecule has 1 aliphatic carbocycles. The molecule has 0 radical (unpaired) electrons. The molecule has 0 spiro atoms. The van der Waals surface area contributed by atoms with E-state index < -0.39 is 0 Å². The SMILES string of the molecule is ClCc1ccnc(OCC2CCCC2)c1. The van der Waals surface area contributed by atoms with Crippen LogP contribution in [0.4, 0.5) is 0 Å². The van der Waals surface area contributed by atoms with Crippen LogP contribution in [0.25, 0.3) is 0 Å². The van der Waals surface area contributed by atoms with Crippen molar-refractivity contribution in [3.63, 3.8) is 0 Å². The molecule has 0 bridgehead atoms. The Hall–Kier alpha value is -0.760. The first-order chi connectivity index (χ1) is 7.38. The monoisotopic (exact) mass is 225 g/mol. The van der Waals surface area contributed by atoms with Crippen molar-refractivity contribution in [3.8, 4) is 5.88 Å². The first-order valence-electron chi connectivity index (χ1n) is 5.52. The molecule has 0 aromatic carbocycles. The predicted octanol–water partition coefficient (Wildman–Crippen LogP) is 3.39. The van der Waals surface area contributed by atoms with Gasteiger partial charge in [-0.05, 0) is 30.4 Å². The van der Waals surface area contributed by atoms with Gasteiger partial charge in [-0.2, -0.15) is 0 Å². The second-order valence-corrected chi connectivity index (χ2v) is 4.36. The van der Waals surface area contributed by atoms with Crippen molar-refractivity contribution in [1.82, 2.24) is 4.98 Å². The molecule has 1 saturated carbocycles. The highest BCUT2D eigenvalue weighted by atomic mass is 35.5. The van der Waals surface area contributed by atoms with Gasteiger partial charge in [0.25, 0.3) is 0 Å². The van der Waals surface area contributed by atoms with Gasteiger partial charge >= 0.3 is 0 Å². The molecule has 1 heterocycles. The summed E-state index contributed by atoms with van der Waals surface area (Å²) in [4.78, 5) is 4.17. The molecule has 3 heteroatoms. The number of nitrogens with zero attached hydrogens (tertiary/aromatic N) is 1. The highest BCUT2D eigenvalue weighted by Gasteiger charge is 2.15. The maximum Gasteiger partial charge on any atom is 0.213 e. The average Bonchev–Trinajstić information content (AvgIpc) is 2.79. The van der Waals surface area contributed by atoms with Crippen molar-refractivity contribution in [2.24, 2.45) is 5.92 Å². The summed E-state index contributed by atoms with van der Waals surface area (Å²) in [5.74, 6) is 1.95. The normalized spacial score (nSPS) is 16.9. The second-order valence-electron chi connectivity index (χ2n) is 4.10. The van der Waals surface area contributed by atoms with Gasteiger partial charge in [0.15, 0.2) is 0 Å². The second kappa shape index (κ2) is 5.36. The van der Waals surface area contributed by atoms with Gasteiger partial charge in [-0.15, -0.1) is 11.6 Å². The number of hydrogen-bond acceptors (Lipinski definition) is 2. The van der Waals surface area contributed by atoms with Crippen molar-refractivity contribution < 1.29 is 4.74 Å². The van der Waals surface area contributed by atoms with E-state index >= 15 is 0 Å². The predicted molar refractivity (Wildman–Crippen MR) is 61.2 cm³/mol. The minimum absolute atomic E-state index is 0.516. The third kappa shape index (κ3) is 3.10. The summed E-state index contributed by atoms with van der Waals surface area (Å²) < 4.78 is 5.66. The quantitative estimate of drug-likeness (QED) is 0.733. The molecule has 0 N–H and O–H groups in total. The van der Waals surface area contributed by atoms with E-state index in [-0.39, 0.29) is 0 Å². The van der Waals surface area contributed by atoms with Gasteiger partial charge in [-0.3, -0.25) is 0 Å². The van der Waals surface area contributed by atoms with Crippen LogP contribution in [0, 0.1) is 5.92 Å². The molecule has 0 atom stereocenters. The van der Waals surface area contributed by atoms with Gasteiger partial charge < -0.3 is 4.74 Å². The zero-order chi connectivity index (χ0) is 10.5. The summed E-state index contributed by atoms with van der Waals surface area (Å²) in [7, 11) is 0. The Kier molecular flexibility index (Phi) is 3.84. The lowest BCUT2D eigenvalue weighted by Gasteiger charge is -2.10. The molecular weight excluding hydrogens is 210 g/mol. The van der Waals surface area contributed by atoms with Gasteiger partial charge in [0.05, 0.1) is 6.61 Å². The fourth-order valence-electron chi connectivity index (χ4n) is 1.99. The molecule has 1 fully saturated rings. The van der Waals surface area contributed by atoms with Crippen LogP contribution in [-0.4, -0.2) is 11.6 Å². The molecule has 0 unspecified atom stereocenters. The van der Waals surface area contributed by atoms with Crippen LogP contribution in [0.15, 0.2) is 18.3 Å². The van der Waals surface area contributed by atoms with Crippen molar-refractivity contribution in [1.29, 1.82) is 0 Å². The zero-order valence-electron chi connectivity index (χ0n) is 8.79. The third-order valence-electron chi connectivity index (χ3n) is 2.90. The van der Waals surface area contributed by atoms with Gasteiger partial charge in [0, 0.05) is 18.1 Å². The smallest absolute Gasteiger partial charge is 0.213 e.